The molecule has 5 heterocycles. The lowest BCUT2D eigenvalue weighted by Gasteiger charge is -2.56. The molecule has 5 fully saturated rings. The number of anilines is 1. The number of rotatable bonds is 14. The van der Waals surface area contributed by atoms with Crippen LogP contribution in [0.25, 0.3) is 0 Å². The summed E-state index contributed by atoms with van der Waals surface area (Å²) in [5, 5.41) is 3.21. The molecule has 1 unspecified atom stereocenters. The number of piperidine rings is 5. The molecule has 69 heavy (non-hydrogen) atoms. The molecule has 6 aliphatic rings. The Kier molecular flexibility index (Phi) is 15.3. The summed E-state index contributed by atoms with van der Waals surface area (Å²) in [7, 11) is -3.49. The summed E-state index contributed by atoms with van der Waals surface area (Å²) in [5.74, 6) is 1.33. The summed E-state index contributed by atoms with van der Waals surface area (Å²) in [6.45, 7) is 15.2. The number of nitrogens with one attached hydrogen (secondary N) is 1. The van der Waals surface area contributed by atoms with E-state index in [2.05, 4.69) is 50.4 Å². The first-order valence-electron chi connectivity index (χ1n) is 26.0. The standard InChI is InChI=1S/C56H73Cl2N5O5S/c1-37(2)51(36-69(67,68)38(3)4)63-53(42-11-13-45(57)14-12-42)50(43-7-5-9-46(58)30-43)34-56(55(63)66)32-48(33-56)62-25-19-40(20-26-62)29-39-17-23-60(24-18-39)35-41-21-27-61(28-22-41)47-10-6-8-44(31-47)49-15-16-52(64)59-54(49)65/h5-14,30-32,37-41,49-51,53H,15-29,33-36H2,1-4H3,(H,59,64,65)/t49?,50-,51-,53-,56+/m1/s1. The van der Waals surface area contributed by atoms with Gasteiger partial charge in [0.1, 0.15) is 0 Å². The molecule has 0 radical (unpaired) electrons. The van der Waals surface area contributed by atoms with Crippen LogP contribution in [0.1, 0.15) is 133 Å². The SMILES string of the molecule is CC(C)[C@@H](CS(=O)(=O)C(C)C)N1C(=O)[C@]2(C=C(N3CCC(CC4CCN(CC5CCN(c6cccc(C7CCC(=O)NC7=O)c6)CC5)CC4)CC3)C2)C[C@H](c2cccc(Cl)c2)[C@H]1c1ccc(Cl)cc1. The quantitative estimate of drug-likeness (QED) is 0.159. The highest BCUT2D eigenvalue weighted by molar-refractivity contribution is 7.92. The van der Waals surface area contributed by atoms with Crippen molar-refractivity contribution in [3.05, 3.63) is 111 Å². The fourth-order valence-corrected chi connectivity index (χ4v) is 14.5. The molecule has 5 saturated heterocycles. The Hall–Kier alpha value is -3.90. The summed E-state index contributed by atoms with van der Waals surface area (Å²) < 4.78 is 27.4. The number of hydrogen-bond donors (Lipinski definition) is 1. The van der Waals surface area contributed by atoms with Crippen LogP contribution in [0.15, 0.2) is 84.6 Å². The zero-order chi connectivity index (χ0) is 48.6. The number of likely N-dealkylation sites (tertiary alicyclic amines) is 3. The van der Waals surface area contributed by atoms with Gasteiger partial charge in [0, 0.05) is 79.0 Å². The number of carbonyl (C=O) groups is 3. The molecule has 1 spiro atoms. The van der Waals surface area contributed by atoms with Crippen molar-refractivity contribution in [3.8, 4) is 0 Å². The maximum Gasteiger partial charge on any atom is 0.234 e. The van der Waals surface area contributed by atoms with Crippen LogP contribution in [0.2, 0.25) is 10.0 Å². The third kappa shape index (κ3) is 11.1. The van der Waals surface area contributed by atoms with Crippen molar-refractivity contribution in [1.29, 1.82) is 0 Å². The predicted octanol–water partition coefficient (Wildman–Crippen LogP) is 10.4. The number of hydrogen-bond acceptors (Lipinski definition) is 8. The Labute approximate surface area is 421 Å². The van der Waals surface area contributed by atoms with Gasteiger partial charge in [-0.3, -0.25) is 19.7 Å². The molecule has 0 saturated carbocycles. The Morgan fingerprint density at radius 3 is 1.97 bits per heavy atom. The number of benzene rings is 3. The lowest BCUT2D eigenvalue weighted by molar-refractivity contribution is -0.155. The topological polar surface area (TPSA) is 110 Å². The minimum absolute atomic E-state index is 0.0307. The van der Waals surface area contributed by atoms with Gasteiger partial charge in [-0.2, -0.15) is 0 Å². The fourth-order valence-electron chi connectivity index (χ4n) is 12.7. The lowest BCUT2D eigenvalue weighted by Crippen LogP contribution is -2.61. The molecule has 5 atom stereocenters. The van der Waals surface area contributed by atoms with E-state index in [1.165, 1.54) is 76.0 Å². The lowest BCUT2D eigenvalue weighted by atomic mass is 9.60. The molecule has 372 valence electrons. The van der Waals surface area contributed by atoms with Crippen molar-refractivity contribution in [1.82, 2.24) is 20.0 Å². The van der Waals surface area contributed by atoms with Crippen LogP contribution in [0.4, 0.5) is 5.69 Å². The van der Waals surface area contributed by atoms with Crippen LogP contribution >= 0.6 is 23.2 Å². The monoisotopic (exact) mass is 997 g/mol. The highest BCUT2D eigenvalue weighted by atomic mass is 35.5. The number of halogens is 2. The van der Waals surface area contributed by atoms with E-state index in [1.807, 2.05) is 67.3 Å². The molecule has 10 nitrogen and oxygen atoms in total. The zero-order valence-electron chi connectivity index (χ0n) is 41.1. The number of allylic oxidation sites excluding steroid dienone is 1. The molecular weight excluding hydrogens is 926 g/mol. The van der Waals surface area contributed by atoms with E-state index in [0.29, 0.717) is 41.6 Å². The second kappa shape index (κ2) is 21.1. The molecule has 13 heteroatoms. The molecule has 1 aliphatic carbocycles. The molecular formula is C56H73Cl2N5O5S. The van der Waals surface area contributed by atoms with Crippen molar-refractivity contribution in [2.45, 2.75) is 127 Å². The first-order valence-corrected chi connectivity index (χ1v) is 28.5. The predicted molar refractivity (Wildman–Crippen MR) is 277 cm³/mol. The van der Waals surface area contributed by atoms with E-state index in [1.54, 1.807) is 13.8 Å². The minimum atomic E-state index is -3.49. The number of carbonyl (C=O) groups excluding carboxylic acids is 3. The molecule has 5 aliphatic heterocycles. The van der Waals surface area contributed by atoms with Gasteiger partial charge in [0.25, 0.3) is 0 Å². The summed E-state index contributed by atoms with van der Waals surface area (Å²) in [5.41, 5.74) is 4.71. The number of imide groups is 1. The van der Waals surface area contributed by atoms with E-state index in [0.717, 1.165) is 54.7 Å². The third-order valence-corrected chi connectivity index (χ3v) is 19.7. The molecule has 3 amide bonds. The molecule has 3 aromatic rings. The summed E-state index contributed by atoms with van der Waals surface area (Å²) in [6, 6.07) is 23.2. The highest BCUT2D eigenvalue weighted by Crippen LogP contribution is 2.58. The maximum absolute atomic E-state index is 15.4. The van der Waals surface area contributed by atoms with Crippen molar-refractivity contribution in [2.75, 3.05) is 56.5 Å². The van der Waals surface area contributed by atoms with E-state index in [-0.39, 0.29) is 41.2 Å². The second-order valence-corrected chi connectivity index (χ2v) is 25.6. The van der Waals surface area contributed by atoms with Crippen molar-refractivity contribution >= 4 is 56.4 Å². The van der Waals surface area contributed by atoms with Crippen LogP contribution < -0.4 is 10.2 Å². The Balaban J connectivity index is 0.797. The van der Waals surface area contributed by atoms with Gasteiger partial charge in [-0.1, -0.05) is 73.4 Å². The highest BCUT2D eigenvalue weighted by Gasteiger charge is 2.57. The summed E-state index contributed by atoms with van der Waals surface area (Å²) >= 11 is 13.1. The van der Waals surface area contributed by atoms with Gasteiger partial charge in [-0.05, 0) is 168 Å². The average Bonchev–Trinajstić information content (AvgIpc) is 3.31. The number of nitrogens with zero attached hydrogens (tertiary/aromatic N) is 4. The normalized spacial score (nSPS) is 26.4. The molecule has 1 N–H and O–H groups in total. The summed E-state index contributed by atoms with van der Waals surface area (Å²) in [6.07, 6.45) is 13.1. The third-order valence-electron chi connectivity index (χ3n) is 17.0. The van der Waals surface area contributed by atoms with Gasteiger partial charge in [0.05, 0.1) is 28.4 Å². The minimum Gasteiger partial charge on any atom is -0.375 e. The van der Waals surface area contributed by atoms with Crippen LogP contribution in [0.3, 0.4) is 0 Å². The number of amides is 3. The number of sulfone groups is 1. The van der Waals surface area contributed by atoms with Gasteiger partial charge in [-0.15, -0.1) is 0 Å². The fraction of sp³-hybridized carbons (Fsp3) is 0.589. The van der Waals surface area contributed by atoms with Crippen molar-refractivity contribution in [3.63, 3.8) is 0 Å². The van der Waals surface area contributed by atoms with Crippen molar-refractivity contribution < 1.29 is 22.8 Å². The molecule has 0 aromatic heterocycles. The Morgan fingerprint density at radius 2 is 1.33 bits per heavy atom. The van der Waals surface area contributed by atoms with Crippen LogP contribution in [0, 0.1) is 29.1 Å². The second-order valence-electron chi connectivity index (χ2n) is 22.2. The van der Waals surface area contributed by atoms with Gasteiger partial charge in [-0.25, -0.2) is 8.42 Å². The van der Waals surface area contributed by atoms with Gasteiger partial charge in [0.2, 0.25) is 17.7 Å². The first-order chi connectivity index (χ1) is 33.1. The smallest absolute Gasteiger partial charge is 0.234 e. The van der Waals surface area contributed by atoms with Crippen LogP contribution in [0.5, 0.6) is 0 Å². The maximum atomic E-state index is 15.4. The Bertz CT molecular complexity index is 2470. The Morgan fingerprint density at radius 1 is 0.710 bits per heavy atom. The molecule has 3 aromatic carbocycles. The van der Waals surface area contributed by atoms with Gasteiger partial charge >= 0.3 is 0 Å². The van der Waals surface area contributed by atoms with Crippen molar-refractivity contribution in [2.24, 2.45) is 29.1 Å². The summed E-state index contributed by atoms with van der Waals surface area (Å²) in [4.78, 5) is 49.3. The largest absolute Gasteiger partial charge is 0.375 e. The van der Waals surface area contributed by atoms with E-state index >= 15 is 4.79 Å². The zero-order valence-corrected chi connectivity index (χ0v) is 43.5. The molecule has 9 rings (SSSR count). The van der Waals surface area contributed by atoms with Gasteiger partial charge in [0.15, 0.2) is 9.84 Å². The molecule has 0 bridgehead atoms. The first kappa shape index (κ1) is 50.1. The van der Waals surface area contributed by atoms with E-state index in [4.69, 9.17) is 23.2 Å². The average molecular weight is 999 g/mol. The van der Waals surface area contributed by atoms with Gasteiger partial charge < -0.3 is 19.6 Å². The van der Waals surface area contributed by atoms with E-state index in [9.17, 15) is 18.0 Å². The van der Waals surface area contributed by atoms with E-state index < -0.39 is 32.6 Å². The van der Waals surface area contributed by atoms with Crippen LogP contribution in [-0.2, 0) is 24.2 Å². The van der Waals surface area contributed by atoms with Crippen LogP contribution in [-0.4, -0.2) is 104 Å².